The van der Waals surface area contributed by atoms with Crippen molar-refractivity contribution in [2.24, 2.45) is 0 Å². The molecule has 8 nitrogen and oxygen atoms in total. The highest BCUT2D eigenvalue weighted by molar-refractivity contribution is 5.79. The Kier molecular flexibility index (Phi) is 6.58. The van der Waals surface area contributed by atoms with Gasteiger partial charge in [-0.2, -0.15) is 0 Å². The first kappa shape index (κ1) is 21.7. The molecule has 8 heteroatoms. The van der Waals surface area contributed by atoms with E-state index in [1.54, 1.807) is 25.7 Å². The fraction of sp³-hybridized carbons (Fsp3) is 0.375. The predicted octanol–water partition coefficient (Wildman–Crippen LogP) is 2.96. The van der Waals surface area contributed by atoms with Crippen molar-refractivity contribution >= 4 is 11.7 Å². The Morgan fingerprint density at radius 3 is 2.50 bits per heavy atom. The minimum absolute atomic E-state index is 0.158. The number of aromatic nitrogens is 4. The average Bonchev–Trinajstić information content (AvgIpc) is 2.85. The van der Waals surface area contributed by atoms with Crippen molar-refractivity contribution in [3.8, 4) is 17.3 Å². The number of anilines is 1. The smallest absolute Gasteiger partial charge is 0.226 e. The molecule has 0 spiro atoms. The summed E-state index contributed by atoms with van der Waals surface area (Å²) in [5, 5.41) is 0. The Balaban J connectivity index is 1.44. The Morgan fingerprint density at radius 2 is 1.88 bits per heavy atom. The van der Waals surface area contributed by atoms with Gasteiger partial charge in [0.25, 0.3) is 0 Å². The number of carbonyl (C=O) groups excluding carboxylic acids is 1. The Labute approximate surface area is 188 Å². The van der Waals surface area contributed by atoms with Crippen molar-refractivity contribution in [3.05, 3.63) is 60.2 Å². The summed E-state index contributed by atoms with van der Waals surface area (Å²) in [6.45, 7) is 1.45. The van der Waals surface area contributed by atoms with Gasteiger partial charge < -0.3 is 14.5 Å². The van der Waals surface area contributed by atoms with Crippen LogP contribution in [-0.4, -0.2) is 65.0 Å². The largest absolute Gasteiger partial charge is 0.497 e. The fourth-order valence-corrected chi connectivity index (χ4v) is 3.87. The number of carbonyl (C=O) groups is 1. The van der Waals surface area contributed by atoms with Gasteiger partial charge in [0.1, 0.15) is 17.3 Å². The van der Waals surface area contributed by atoms with Crippen LogP contribution in [0.4, 0.5) is 5.82 Å². The minimum Gasteiger partial charge on any atom is -0.497 e. The molecule has 3 aromatic rings. The van der Waals surface area contributed by atoms with E-state index in [2.05, 4.69) is 15.0 Å². The second-order valence-corrected chi connectivity index (χ2v) is 8.14. The van der Waals surface area contributed by atoms with E-state index in [9.17, 15) is 4.79 Å². The molecular formula is C24H28N6O2. The van der Waals surface area contributed by atoms with Crippen LogP contribution in [0.1, 0.15) is 30.0 Å². The first-order valence-electron chi connectivity index (χ1n) is 10.8. The number of piperidine rings is 1. The molecule has 1 aliphatic heterocycles. The molecule has 0 N–H and O–H groups in total. The van der Waals surface area contributed by atoms with Crippen molar-refractivity contribution < 1.29 is 9.53 Å². The molecule has 1 saturated heterocycles. The van der Waals surface area contributed by atoms with Crippen molar-refractivity contribution in [3.63, 3.8) is 0 Å². The van der Waals surface area contributed by atoms with E-state index in [0.29, 0.717) is 17.9 Å². The molecule has 1 aliphatic rings. The van der Waals surface area contributed by atoms with Crippen LogP contribution in [0.2, 0.25) is 0 Å². The zero-order valence-corrected chi connectivity index (χ0v) is 18.7. The van der Waals surface area contributed by atoms with Crippen LogP contribution in [-0.2, 0) is 11.2 Å². The maximum absolute atomic E-state index is 12.8. The SMILES string of the molecule is COc1ccc(CC(=O)N2CCC(c3cc(N(C)C)nc(-c4cnccn4)n3)CC2)cc1. The van der Waals surface area contributed by atoms with E-state index >= 15 is 0 Å². The van der Waals surface area contributed by atoms with Crippen LogP contribution in [0.15, 0.2) is 48.9 Å². The molecule has 4 rings (SSSR count). The van der Waals surface area contributed by atoms with Crippen LogP contribution >= 0.6 is 0 Å². The monoisotopic (exact) mass is 432 g/mol. The maximum atomic E-state index is 12.8. The van der Waals surface area contributed by atoms with Gasteiger partial charge in [0.15, 0.2) is 5.82 Å². The van der Waals surface area contributed by atoms with Crippen LogP contribution in [0.3, 0.4) is 0 Å². The van der Waals surface area contributed by atoms with Gasteiger partial charge in [0.05, 0.1) is 19.7 Å². The lowest BCUT2D eigenvalue weighted by atomic mass is 9.92. The third kappa shape index (κ3) is 5.01. The molecular weight excluding hydrogens is 404 g/mol. The van der Waals surface area contributed by atoms with Crippen molar-refractivity contribution in [1.29, 1.82) is 0 Å². The third-order valence-corrected chi connectivity index (χ3v) is 5.76. The van der Waals surface area contributed by atoms with Crippen molar-refractivity contribution in [2.45, 2.75) is 25.2 Å². The highest BCUT2D eigenvalue weighted by Gasteiger charge is 2.26. The Hall–Kier alpha value is -3.55. The molecule has 0 unspecified atom stereocenters. The minimum atomic E-state index is 0.158. The number of hydrogen-bond donors (Lipinski definition) is 0. The van der Waals surface area contributed by atoms with E-state index in [1.165, 1.54) is 0 Å². The highest BCUT2D eigenvalue weighted by atomic mass is 16.5. The number of nitrogens with zero attached hydrogens (tertiary/aromatic N) is 6. The molecule has 1 fully saturated rings. The summed E-state index contributed by atoms with van der Waals surface area (Å²) in [7, 11) is 5.57. The maximum Gasteiger partial charge on any atom is 0.226 e. The van der Waals surface area contributed by atoms with Crippen LogP contribution in [0, 0.1) is 0 Å². The van der Waals surface area contributed by atoms with Gasteiger partial charge in [-0.15, -0.1) is 0 Å². The van der Waals surface area contributed by atoms with E-state index < -0.39 is 0 Å². The number of rotatable bonds is 6. The van der Waals surface area contributed by atoms with E-state index in [1.807, 2.05) is 54.2 Å². The van der Waals surface area contributed by atoms with Gasteiger partial charge in [0.2, 0.25) is 5.91 Å². The second-order valence-electron chi connectivity index (χ2n) is 8.14. The molecule has 166 valence electrons. The molecule has 3 heterocycles. The lowest BCUT2D eigenvalue weighted by Gasteiger charge is -2.32. The zero-order chi connectivity index (χ0) is 22.5. The Bertz CT molecular complexity index is 1050. The molecule has 0 radical (unpaired) electrons. The highest BCUT2D eigenvalue weighted by Crippen LogP contribution is 2.30. The number of likely N-dealkylation sites (tertiary alicyclic amines) is 1. The number of benzene rings is 1. The third-order valence-electron chi connectivity index (χ3n) is 5.76. The lowest BCUT2D eigenvalue weighted by Crippen LogP contribution is -2.39. The number of methoxy groups -OCH3 is 1. The van der Waals surface area contributed by atoms with Crippen molar-refractivity contribution in [2.75, 3.05) is 39.2 Å². The standard InChI is InChI=1S/C24H28N6O2/c1-29(2)22-15-20(27-24(28-22)21-16-25-10-11-26-21)18-8-12-30(13-9-18)23(31)14-17-4-6-19(32-3)7-5-17/h4-7,10-11,15-16,18H,8-9,12-14H2,1-3H3. The number of hydrogen-bond acceptors (Lipinski definition) is 7. The van der Waals surface area contributed by atoms with Crippen LogP contribution in [0.5, 0.6) is 5.75 Å². The van der Waals surface area contributed by atoms with Gasteiger partial charge in [-0.25, -0.2) is 15.0 Å². The van der Waals surface area contributed by atoms with Crippen LogP contribution < -0.4 is 9.64 Å². The molecule has 0 aliphatic carbocycles. The van der Waals surface area contributed by atoms with E-state index in [0.717, 1.165) is 48.8 Å². The summed E-state index contributed by atoms with van der Waals surface area (Å²) in [4.78, 5) is 34.7. The van der Waals surface area contributed by atoms with Gasteiger partial charge in [-0.1, -0.05) is 12.1 Å². The Morgan fingerprint density at radius 1 is 1.12 bits per heavy atom. The summed E-state index contributed by atoms with van der Waals surface area (Å²) in [5.41, 5.74) is 2.65. The predicted molar refractivity (Wildman–Crippen MR) is 123 cm³/mol. The average molecular weight is 433 g/mol. The molecule has 1 aromatic carbocycles. The summed E-state index contributed by atoms with van der Waals surface area (Å²) in [6, 6.07) is 9.71. The fourth-order valence-electron chi connectivity index (χ4n) is 3.87. The first-order valence-corrected chi connectivity index (χ1v) is 10.8. The molecule has 1 amide bonds. The van der Waals surface area contributed by atoms with Gasteiger partial charge in [-0.3, -0.25) is 9.78 Å². The van der Waals surface area contributed by atoms with Gasteiger partial charge >= 0.3 is 0 Å². The van der Waals surface area contributed by atoms with Gasteiger partial charge in [0, 0.05) is 57.3 Å². The lowest BCUT2D eigenvalue weighted by molar-refractivity contribution is -0.131. The summed E-state index contributed by atoms with van der Waals surface area (Å²) in [5.74, 6) is 2.65. The second kappa shape index (κ2) is 9.72. The van der Waals surface area contributed by atoms with E-state index in [4.69, 9.17) is 9.72 Å². The van der Waals surface area contributed by atoms with E-state index in [-0.39, 0.29) is 11.8 Å². The molecule has 0 saturated carbocycles. The van der Waals surface area contributed by atoms with Gasteiger partial charge in [-0.05, 0) is 30.5 Å². The number of amides is 1. The number of ether oxygens (including phenoxy) is 1. The molecule has 32 heavy (non-hydrogen) atoms. The van der Waals surface area contributed by atoms with Crippen LogP contribution in [0.25, 0.3) is 11.5 Å². The normalized spacial score (nSPS) is 14.3. The molecule has 0 bridgehead atoms. The summed E-state index contributed by atoms with van der Waals surface area (Å²) in [6.07, 6.45) is 7.12. The first-order chi connectivity index (χ1) is 15.5. The summed E-state index contributed by atoms with van der Waals surface area (Å²) >= 11 is 0. The molecule has 0 atom stereocenters. The summed E-state index contributed by atoms with van der Waals surface area (Å²) < 4.78 is 5.19. The van der Waals surface area contributed by atoms with Crippen molar-refractivity contribution in [1.82, 2.24) is 24.8 Å². The quantitative estimate of drug-likeness (QED) is 0.592. The zero-order valence-electron chi connectivity index (χ0n) is 18.7. The molecule has 2 aromatic heterocycles. The topological polar surface area (TPSA) is 84.3 Å².